The van der Waals surface area contributed by atoms with Gasteiger partial charge in [-0.2, -0.15) is 13.2 Å². The van der Waals surface area contributed by atoms with E-state index in [2.05, 4.69) is 0 Å². The first-order chi connectivity index (χ1) is 9.29. The zero-order valence-electron chi connectivity index (χ0n) is 9.84. The zero-order chi connectivity index (χ0) is 14.9. The largest absolute Gasteiger partial charge is 0.416 e. The molecule has 0 N–H and O–H groups in total. The molecule has 0 fully saturated rings. The summed E-state index contributed by atoms with van der Waals surface area (Å²) in [6, 6.07) is 8.29. The van der Waals surface area contributed by atoms with Crippen molar-refractivity contribution >= 4 is 29.0 Å². The number of hydrogen-bond donors (Lipinski definition) is 0. The highest BCUT2D eigenvalue weighted by Crippen LogP contribution is 2.30. The van der Waals surface area contributed by atoms with Gasteiger partial charge in [-0.05, 0) is 30.3 Å². The van der Waals surface area contributed by atoms with Crippen molar-refractivity contribution < 1.29 is 18.0 Å². The molecule has 0 amide bonds. The van der Waals surface area contributed by atoms with Gasteiger partial charge in [-0.25, -0.2) is 0 Å². The molecular weight excluding hydrogens is 312 g/mol. The van der Waals surface area contributed by atoms with Crippen LogP contribution in [0.5, 0.6) is 0 Å². The van der Waals surface area contributed by atoms with Gasteiger partial charge in [-0.3, -0.25) is 4.79 Å². The van der Waals surface area contributed by atoms with E-state index in [1.54, 1.807) is 0 Å². The van der Waals surface area contributed by atoms with E-state index in [0.29, 0.717) is 5.02 Å². The van der Waals surface area contributed by atoms with Gasteiger partial charge in [-0.1, -0.05) is 35.3 Å². The van der Waals surface area contributed by atoms with Gasteiger partial charge in [0.2, 0.25) is 0 Å². The van der Waals surface area contributed by atoms with Crippen molar-refractivity contribution in [3.05, 3.63) is 69.2 Å². The lowest BCUT2D eigenvalue weighted by Crippen LogP contribution is -2.07. The topological polar surface area (TPSA) is 17.1 Å². The maximum absolute atomic E-state index is 12.4. The van der Waals surface area contributed by atoms with Crippen molar-refractivity contribution in [1.29, 1.82) is 0 Å². The number of hydrogen-bond acceptors (Lipinski definition) is 1. The first-order valence-electron chi connectivity index (χ1n) is 5.46. The summed E-state index contributed by atoms with van der Waals surface area (Å²) in [5, 5.41) is 0.529. The monoisotopic (exact) mass is 318 g/mol. The van der Waals surface area contributed by atoms with Gasteiger partial charge in [0.25, 0.3) is 0 Å². The predicted octanol–water partition coefficient (Wildman–Crippen LogP) is 5.24. The molecule has 0 atom stereocenters. The molecule has 2 rings (SSSR count). The van der Waals surface area contributed by atoms with Crippen LogP contribution < -0.4 is 0 Å². The molecule has 104 valence electrons. The van der Waals surface area contributed by atoms with Gasteiger partial charge >= 0.3 is 6.18 Å². The summed E-state index contributed by atoms with van der Waals surface area (Å²) < 4.78 is 37.3. The van der Waals surface area contributed by atoms with Gasteiger partial charge in [0.15, 0.2) is 5.78 Å². The first-order valence-corrected chi connectivity index (χ1v) is 6.21. The average molecular weight is 319 g/mol. The van der Waals surface area contributed by atoms with Crippen LogP contribution >= 0.6 is 23.2 Å². The molecule has 0 saturated heterocycles. The SMILES string of the molecule is O=C(c1ccc(C(F)(F)F)cc1)c1ccc(Cl)cc1Cl. The quantitative estimate of drug-likeness (QED) is 0.692. The first kappa shape index (κ1) is 14.9. The van der Waals surface area contributed by atoms with Crippen LogP contribution in [0.1, 0.15) is 21.5 Å². The molecule has 1 nitrogen and oxygen atoms in total. The fraction of sp³-hybridized carbons (Fsp3) is 0.0714. The van der Waals surface area contributed by atoms with Gasteiger partial charge in [0.05, 0.1) is 10.6 Å². The maximum atomic E-state index is 12.4. The van der Waals surface area contributed by atoms with Crippen molar-refractivity contribution in [3.8, 4) is 0 Å². The van der Waals surface area contributed by atoms with Gasteiger partial charge in [-0.15, -0.1) is 0 Å². The van der Waals surface area contributed by atoms with Crippen LogP contribution in [-0.4, -0.2) is 5.78 Å². The molecule has 2 aromatic rings. The van der Waals surface area contributed by atoms with E-state index in [9.17, 15) is 18.0 Å². The Balaban J connectivity index is 2.34. The Morgan fingerprint density at radius 2 is 1.55 bits per heavy atom. The Hall–Kier alpha value is -1.52. The van der Waals surface area contributed by atoms with Crippen LogP contribution in [0.4, 0.5) is 13.2 Å². The lowest BCUT2D eigenvalue weighted by Gasteiger charge is -2.08. The number of carbonyl (C=O) groups is 1. The van der Waals surface area contributed by atoms with E-state index in [1.807, 2.05) is 0 Å². The second-order valence-corrected chi connectivity index (χ2v) is 4.87. The molecule has 0 saturated carbocycles. The van der Waals surface area contributed by atoms with Crippen LogP contribution in [0.25, 0.3) is 0 Å². The Labute approximate surface area is 122 Å². The van der Waals surface area contributed by atoms with Crippen molar-refractivity contribution in [2.75, 3.05) is 0 Å². The van der Waals surface area contributed by atoms with E-state index in [1.165, 1.54) is 18.2 Å². The molecule has 0 spiro atoms. The summed E-state index contributed by atoms with van der Waals surface area (Å²) in [5.74, 6) is -0.458. The third kappa shape index (κ3) is 3.14. The second kappa shape index (κ2) is 5.46. The summed E-state index contributed by atoms with van der Waals surface area (Å²) in [4.78, 5) is 12.1. The number of rotatable bonds is 2. The molecule has 20 heavy (non-hydrogen) atoms. The van der Waals surface area contributed by atoms with Crippen molar-refractivity contribution in [1.82, 2.24) is 0 Å². The minimum atomic E-state index is -4.43. The molecule has 2 aromatic carbocycles. The molecule has 0 aliphatic heterocycles. The molecule has 0 radical (unpaired) electrons. The van der Waals surface area contributed by atoms with Gasteiger partial charge in [0.1, 0.15) is 0 Å². The van der Waals surface area contributed by atoms with Crippen LogP contribution in [0.3, 0.4) is 0 Å². The third-order valence-corrected chi connectivity index (χ3v) is 3.20. The highest BCUT2D eigenvalue weighted by molar-refractivity contribution is 6.37. The standard InChI is InChI=1S/C14H7Cl2F3O/c15-10-5-6-11(12(16)7-10)13(20)8-1-3-9(4-2-8)14(17,18)19/h1-7H. The number of carbonyl (C=O) groups excluding carboxylic acids is 1. The number of benzene rings is 2. The summed E-state index contributed by atoms with van der Waals surface area (Å²) in [6.45, 7) is 0. The molecule has 0 aromatic heterocycles. The molecule has 0 aliphatic carbocycles. The van der Waals surface area contributed by atoms with Crippen LogP contribution in [0.2, 0.25) is 10.0 Å². The summed E-state index contributed by atoms with van der Waals surface area (Å²) in [7, 11) is 0. The molecule has 0 unspecified atom stereocenters. The van der Waals surface area contributed by atoms with Crippen molar-refractivity contribution in [3.63, 3.8) is 0 Å². The Morgan fingerprint density at radius 3 is 2.05 bits per heavy atom. The molecule has 0 bridgehead atoms. The van der Waals surface area contributed by atoms with E-state index in [4.69, 9.17) is 23.2 Å². The van der Waals surface area contributed by atoms with Crippen LogP contribution in [-0.2, 0) is 6.18 Å². The minimum Gasteiger partial charge on any atom is -0.289 e. The Bertz CT molecular complexity index is 648. The smallest absolute Gasteiger partial charge is 0.289 e. The fourth-order valence-electron chi connectivity index (χ4n) is 1.64. The van der Waals surface area contributed by atoms with Crippen molar-refractivity contribution in [2.45, 2.75) is 6.18 Å². The highest BCUT2D eigenvalue weighted by atomic mass is 35.5. The van der Waals surface area contributed by atoms with Gasteiger partial charge in [0, 0.05) is 16.1 Å². The van der Waals surface area contributed by atoms with Crippen LogP contribution in [0, 0.1) is 0 Å². The summed E-state index contributed by atoms with van der Waals surface area (Å²) in [5.41, 5.74) is -0.491. The molecular formula is C14H7Cl2F3O. The van der Waals surface area contributed by atoms with Gasteiger partial charge < -0.3 is 0 Å². The second-order valence-electron chi connectivity index (χ2n) is 4.03. The molecule has 6 heteroatoms. The normalized spacial score (nSPS) is 11.4. The predicted molar refractivity (Wildman–Crippen MR) is 71.3 cm³/mol. The number of ketones is 1. The third-order valence-electron chi connectivity index (χ3n) is 2.65. The highest BCUT2D eigenvalue weighted by Gasteiger charge is 2.30. The van der Waals surface area contributed by atoms with E-state index >= 15 is 0 Å². The minimum absolute atomic E-state index is 0.127. The Kier molecular flexibility index (Phi) is 4.06. The maximum Gasteiger partial charge on any atom is 0.416 e. The Morgan fingerprint density at radius 1 is 0.950 bits per heavy atom. The van der Waals surface area contributed by atoms with E-state index in [-0.39, 0.29) is 16.1 Å². The van der Waals surface area contributed by atoms with Crippen LogP contribution in [0.15, 0.2) is 42.5 Å². The molecule has 0 heterocycles. The molecule has 0 aliphatic rings. The van der Waals surface area contributed by atoms with E-state index in [0.717, 1.165) is 24.3 Å². The number of alkyl halides is 3. The fourth-order valence-corrected chi connectivity index (χ4v) is 2.13. The van der Waals surface area contributed by atoms with E-state index < -0.39 is 17.5 Å². The average Bonchev–Trinajstić information content (AvgIpc) is 2.37. The summed E-state index contributed by atoms with van der Waals surface area (Å²) >= 11 is 11.6. The number of halogens is 5. The lowest BCUT2D eigenvalue weighted by molar-refractivity contribution is -0.137. The zero-order valence-corrected chi connectivity index (χ0v) is 11.4. The van der Waals surface area contributed by atoms with Crippen molar-refractivity contribution in [2.24, 2.45) is 0 Å². The summed E-state index contributed by atoms with van der Waals surface area (Å²) in [6.07, 6.45) is -4.43. The lowest BCUT2D eigenvalue weighted by atomic mass is 10.0.